The average Bonchev–Trinajstić information content (AvgIpc) is 3.50. The second-order valence-electron chi connectivity index (χ2n) is 8.00. The molecule has 4 rings (SSSR count). The molecule has 2 aromatic heterocycles. The Labute approximate surface area is 265 Å². The molecule has 2 aliphatic rings. The first-order chi connectivity index (χ1) is 19.9. The third-order valence-electron chi connectivity index (χ3n) is 4.89. The summed E-state index contributed by atoms with van der Waals surface area (Å²) in [5.74, 6) is 8.52. The number of aryl methyl sites for hydroxylation is 4. The number of hydrogen-bond acceptors (Lipinski definition) is 6. The fourth-order valence-corrected chi connectivity index (χ4v) is 3.28. The van der Waals surface area contributed by atoms with Gasteiger partial charge in [-0.15, -0.1) is 39.9 Å². The van der Waals surface area contributed by atoms with Crippen LogP contribution in [0, 0.1) is 36.6 Å². The Hall–Kier alpha value is -3.46. The van der Waals surface area contributed by atoms with Gasteiger partial charge in [-0.2, -0.15) is 0 Å². The fourth-order valence-electron chi connectivity index (χ4n) is 3.28. The first-order valence-corrected chi connectivity index (χ1v) is 14.4. The van der Waals surface area contributed by atoms with Gasteiger partial charge < -0.3 is 0 Å². The Balaban J connectivity index is -0.000000136. The van der Waals surface area contributed by atoms with E-state index in [4.69, 9.17) is 16.6 Å². The number of rotatable bonds is 0. The molecule has 1 N–H and O–H groups in total. The van der Waals surface area contributed by atoms with E-state index in [2.05, 4.69) is 54.8 Å². The topological polar surface area (TPSA) is 170 Å². The van der Waals surface area contributed by atoms with Gasteiger partial charge in [0, 0.05) is 62.2 Å². The minimum Gasteiger partial charge on any atom is -0.255 e. The molecule has 0 aliphatic heterocycles. The largest absolute Gasteiger partial charge is 0.255 e. The molecule has 0 saturated carbocycles. The van der Waals surface area contributed by atoms with Crippen LogP contribution in [0.1, 0.15) is 116 Å². The van der Waals surface area contributed by atoms with Crippen molar-refractivity contribution in [2.24, 2.45) is 19.2 Å². The predicted octanol–water partition coefficient (Wildman–Crippen LogP) is 8.43. The van der Waals surface area contributed by atoms with Crippen LogP contribution in [0.3, 0.4) is 0 Å². The van der Waals surface area contributed by atoms with Crippen LogP contribution in [-0.2, 0) is 44.0 Å². The number of terminal acetylenes is 1. The fraction of sp³-hybridized carbons (Fsp3) is 0.724. The quantitative estimate of drug-likeness (QED) is 0.101. The zero-order chi connectivity index (χ0) is 32.2. The van der Waals surface area contributed by atoms with E-state index in [1.807, 2.05) is 59.6 Å². The molecule has 0 saturated heterocycles. The number of hydrogen-bond donors (Lipinski definition) is 1. The average molecular weight is 634 g/mol. The molecule has 241 valence electrons. The molecule has 0 bridgehead atoms. The molecule has 12 nitrogen and oxygen atoms in total. The van der Waals surface area contributed by atoms with Crippen molar-refractivity contribution in [1.29, 1.82) is 5.53 Å². The number of nitrogens with one attached hydrogen (secondary N) is 1. The third kappa shape index (κ3) is 34.6. The molecule has 2 heterocycles. The van der Waals surface area contributed by atoms with Gasteiger partial charge in [-0.1, -0.05) is 68.9 Å². The Morgan fingerprint density at radius 2 is 1.33 bits per heavy atom. The molecule has 2 aromatic rings. The molecular weight excluding hydrogens is 580 g/mol. The van der Waals surface area contributed by atoms with Crippen molar-refractivity contribution in [2.45, 2.75) is 119 Å². The first-order valence-electron chi connectivity index (χ1n) is 14.4. The second-order valence-corrected chi connectivity index (χ2v) is 8.00. The summed E-state index contributed by atoms with van der Waals surface area (Å²) >= 11 is 0. The van der Waals surface area contributed by atoms with Gasteiger partial charge in [0.05, 0.1) is 17.1 Å². The Morgan fingerprint density at radius 3 is 1.69 bits per heavy atom. The van der Waals surface area contributed by atoms with E-state index >= 15 is 0 Å². The first kappa shape index (κ1) is 48.3. The van der Waals surface area contributed by atoms with E-state index in [-0.39, 0.29) is 17.1 Å². The van der Waals surface area contributed by atoms with E-state index in [1.165, 1.54) is 76.2 Å². The summed E-state index contributed by atoms with van der Waals surface area (Å²) in [6.07, 6.45) is 21.8. The van der Waals surface area contributed by atoms with Crippen LogP contribution in [0.15, 0.2) is 11.3 Å². The van der Waals surface area contributed by atoms with E-state index in [9.17, 15) is 0 Å². The summed E-state index contributed by atoms with van der Waals surface area (Å²) in [5, 5.41) is 18.5. The van der Waals surface area contributed by atoms with Gasteiger partial charge in [-0.3, -0.25) is 9.36 Å². The normalized spacial score (nSPS) is 11.6. The number of aromatic nitrogens is 6. The van der Waals surface area contributed by atoms with Gasteiger partial charge in [0.2, 0.25) is 0 Å². The Kier molecular flexibility index (Phi) is 48.3. The maximum atomic E-state index is 7.33. The van der Waals surface area contributed by atoms with Crippen molar-refractivity contribution in [3.63, 3.8) is 0 Å². The molecule has 0 atom stereocenters. The SMILES string of the molecule is C#CC.C1#CCCCCCC1.CC.CC.CN=[N+]=[N-].Cc1cn(C)nn1.Cn1nnc2c1CCCCCC2.[Cu].[N-]=[N+]=N. The molecule has 0 spiro atoms. The van der Waals surface area contributed by atoms with E-state index in [0.717, 1.165) is 25.0 Å². The van der Waals surface area contributed by atoms with E-state index < -0.39 is 0 Å². The second kappa shape index (κ2) is 42.0. The summed E-state index contributed by atoms with van der Waals surface area (Å²) in [6, 6.07) is 0. The molecule has 0 unspecified atom stereocenters. The molecule has 1 radical (unpaired) electrons. The predicted molar refractivity (Wildman–Crippen MR) is 170 cm³/mol. The summed E-state index contributed by atoms with van der Waals surface area (Å²) in [5.41, 5.74) is 23.1. The van der Waals surface area contributed by atoms with Crippen LogP contribution in [-0.4, -0.2) is 37.0 Å². The van der Waals surface area contributed by atoms with Crippen LogP contribution >= 0.6 is 0 Å². The molecule has 2 aliphatic carbocycles. The van der Waals surface area contributed by atoms with Crippen LogP contribution in [0.2, 0.25) is 0 Å². The number of azide groups is 1. The van der Waals surface area contributed by atoms with E-state index in [0.29, 0.717) is 0 Å². The van der Waals surface area contributed by atoms with Gasteiger partial charge >= 0.3 is 0 Å². The molecule has 0 fully saturated rings. The summed E-state index contributed by atoms with van der Waals surface area (Å²) in [4.78, 5) is 4.11. The maximum Gasteiger partial charge on any atom is 0.0859 e. The Bertz CT molecular complexity index is 987. The van der Waals surface area contributed by atoms with Crippen molar-refractivity contribution in [3.8, 4) is 24.2 Å². The van der Waals surface area contributed by atoms with Crippen molar-refractivity contribution in [2.75, 3.05) is 7.05 Å². The van der Waals surface area contributed by atoms with Gasteiger partial charge in [-0.25, -0.2) is 0 Å². The van der Waals surface area contributed by atoms with Gasteiger partial charge in [-0.05, 0) is 68.3 Å². The van der Waals surface area contributed by atoms with Crippen LogP contribution < -0.4 is 0 Å². The van der Waals surface area contributed by atoms with Crippen molar-refractivity contribution >= 4 is 0 Å². The number of nitrogens with zero attached hydrogens (tertiary/aromatic N) is 11. The molecule has 42 heavy (non-hydrogen) atoms. The monoisotopic (exact) mass is 633 g/mol. The molecular formula is C29H54CuN12. The van der Waals surface area contributed by atoms with Crippen molar-refractivity contribution in [3.05, 3.63) is 44.2 Å². The smallest absolute Gasteiger partial charge is 0.0859 e. The zero-order valence-corrected chi connectivity index (χ0v) is 28.3. The maximum absolute atomic E-state index is 7.33. The minimum absolute atomic E-state index is 0. The minimum atomic E-state index is 0. The number of fused-ring (bicyclic) bond motifs is 1. The van der Waals surface area contributed by atoms with Crippen LogP contribution in [0.4, 0.5) is 0 Å². The molecule has 0 aromatic carbocycles. The summed E-state index contributed by atoms with van der Waals surface area (Å²) in [7, 11) is 5.23. The summed E-state index contributed by atoms with van der Waals surface area (Å²) < 4.78 is 3.61. The molecule has 0 amide bonds. The zero-order valence-electron chi connectivity index (χ0n) is 27.4. The standard InChI is InChI=1S/C9H15N3.C8H12.C4H7N3.C3H4.2C2H6.CH3N3.Cu.HN3/c1-12-9-7-5-3-2-4-6-8(9)10-11-12;1-2-4-6-8-7-5-3-1;1-4-3-7(2)6-5-4;1-3-2;2*1-2;1-3-4-2;;1-3-2/h2-7H2,1H3;1-6H2;3H,1-2H3;1H,2H3;2*1-2H3;1H3;;1H. The molecule has 13 heteroatoms. The van der Waals surface area contributed by atoms with Gasteiger partial charge in [0.25, 0.3) is 0 Å². The van der Waals surface area contributed by atoms with E-state index in [1.54, 1.807) is 16.5 Å². The third-order valence-corrected chi connectivity index (χ3v) is 4.89. The van der Waals surface area contributed by atoms with Crippen LogP contribution in [0.25, 0.3) is 20.9 Å². The summed E-state index contributed by atoms with van der Waals surface area (Å²) in [6.45, 7) is 11.6. The van der Waals surface area contributed by atoms with Gasteiger partial charge in [0.1, 0.15) is 0 Å². The van der Waals surface area contributed by atoms with Gasteiger partial charge in [0.15, 0.2) is 0 Å². The van der Waals surface area contributed by atoms with Crippen LogP contribution in [0.5, 0.6) is 0 Å². The van der Waals surface area contributed by atoms with Crippen molar-refractivity contribution < 1.29 is 17.1 Å². The van der Waals surface area contributed by atoms with Crippen molar-refractivity contribution in [1.82, 2.24) is 30.0 Å². The Morgan fingerprint density at radius 1 is 0.905 bits per heavy atom.